The number of ether oxygens (including phenoxy) is 3. The van der Waals surface area contributed by atoms with Crippen molar-refractivity contribution in [3.05, 3.63) is 94.4 Å². The SMILES string of the molecule is COc1ccc(/C=C2\SC(=O)N[C@@]23Oc2ccccc2[C@H]2CC(c4ccccc4)=NN23)cc1OC. The number of hydrogen-bond acceptors (Lipinski definition) is 7. The van der Waals surface area contributed by atoms with Crippen LogP contribution in [0.25, 0.3) is 6.08 Å². The first kappa shape index (κ1) is 21.6. The number of amides is 1. The van der Waals surface area contributed by atoms with E-state index in [1.54, 1.807) is 14.2 Å². The van der Waals surface area contributed by atoms with Gasteiger partial charge < -0.3 is 14.2 Å². The van der Waals surface area contributed by atoms with E-state index in [0.29, 0.717) is 22.8 Å². The van der Waals surface area contributed by atoms with Crippen LogP contribution in [0.1, 0.15) is 29.2 Å². The molecule has 7 nitrogen and oxygen atoms in total. The summed E-state index contributed by atoms with van der Waals surface area (Å²) in [5, 5.41) is 9.79. The Balaban J connectivity index is 1.49. The molecule has 0 aliphatic carbocycles. The van der Waals surface area contributed by atoms with Crippen molar-refractivity contribution < 1.29 is 19.0 Å². The summed E-state index contributed by atoms with van der Waals surface area (Å²) in [6.07, 6.45) is 2.64. The van der Waals surface area contributed by atoms with E-state index in [9.17, 15) is 4.79 Å². The van der Waals surface area contributed by atoms with E-state index in [1.807, 2.05) is 65.7 Å². The van der Waals surface area contributed by atoms with E-state index in [2.05, 4.69) is 23.5 Å². The molecule has 8 heteroatoms. The van der Waals surface area contributed by atoms with E-state index in [-0.39, 0.29) is 11.3 Å². The Hall–Kier alpha value is -3.91. The maximum Gasteiger partial charge on any atom is 0.314 e. The second kappa shape index (κ2) is 8.39. The molecule has 1 spiro atoms. The third kappa shape index (κ3) is 3.52. The molecule has 0 radical (unpaired) electrons. The first-order valence-corrected chi connectivity index (χ1v) is 12.1. The lowest BCUT2D eigenvalue weighted by molar-refractivity contribution is -0.0949. The van der Waals surface area contributed by atoms with Crippen LogP contribution >= 0.6 is 11.8 Å². The minimum Gasteiger partial charge on any atom is -0.493 e. The van der Waals surface area contributed by atoms with Crippen LogP contribution < -0.4 is 19.5 Å². The Bertz CT molecular complexity index is 1370. The van der Waals surface area contributed by atoms with Gasteiger partial charge in [0.2, 0.25) is 0 Å². The Labute approximate surface area is 207 Å². The molecule has 2 atom stereocenters. The average Bonchev–Trinajstić information content (AvgIpc) is 3.47. The molecule has 3 aromatic carbocycles. The smallest absolute Gasteiger partial charge is 0.314 e. The summed E-state index contributed by atoms with van der Waals surface area (Å²) in [7, 11) is 3.20. The number of nitrogens with one attached hydrogen (secondary N) is 1. The van der Waals surface area contributed by atoms with Gasteiger partial charge in [-0.25, -0.2) is 5.01 Å². The molecule has 1 amide bonds. The van der Waals surface area contributed by atoms with Crippen LogP contribution in [0.15, 0.2) is 82.8 Å². The standard InChI is InChI=1S/C27H23N3O4S/c1-32-23-13-12-17(14-24(23)33-2)15-25-27(28-26(31)35-25)30-21(19-10-6-7-11-22(19)34-27)16-20(29-30)18-8-4-3-5-9-18/h3-15,21H,16H2,1-2H3,(H,28,31)/b25-15-/t21-,27+/m1/s1. The maximum atomic E-state index is 12.8. The number of hydrogen-bond donors (Lipinski definition) is 1. The number of hydrazone groups is 1. The van der Waals surface area contributed by atoms with Gasteiger partial charge in [0.15, 0.2) is 11.5 Å². The number of benzene rings is 3. The number of rotatable bonds is 4. The number of nitrogens with zero attached hydrogens (tertiary/aromatic N) is 2. The van der Waals surface area contributed by atoms with Crippen LogP contribution in [-0.2, 0) is 0 Å². The Morgan fingerprint density at radius 2 is 1.83 bits per heavy atom. The molecule has 0 saturated carbocycles. The van der Waals surface area contributed by atoms with Gasteiger partial charge in [0, 0.05) is 12.0 Å². The number of thioether (sulfide) groups is 1. The summed E-state index contributed by atoms with van der Waals surface area (Å²) in [5.74, 6) is 0.734. The van der Waals surface area contributed by atoms with Gasteiger partial charge in [-0.3, -0.25) is 10.1 Å². The summed E-state index contributed by atoms with van der Waals surface area (Å²) in [6.45, 7) is 0. The number of carbonyl (C=O) groups excluding carboxylic acids is 1. The molecule has 3 aliphatic heterocycles. The first-order valence-electron chi connectivity index (χ1n) is 11.3. The summed E-state index contributed by atoms with van der Waals surface area (Å²) in [6, 6.07) is 23.6. The van der Waals surface area contributed by atoms with Gasteiger partial charge in [0.1, 0.15) is 5.75 Å². The van der Waals surface area contributed by atoms with Gasteiger partial charge in [-0.1, -0.05) is 54.6 Å². The second-order valence-electron chi connectivity index (χ2n) is 8.40. The van der Waals surface area contributed by atoms with E-state index in [1.165, 1.54) is 0 Å². The van der Waals surface area contributed by atoms with E-state index in [0.717, 1.165) is 39.9 Å². The molecule has 3 aliphatic rings. The van der Waals surface area contributed by atoms with Gasteiger partial charge in [0.25, 0.3) is 5.24 Å². The highest BCUT2D eigenvalue weighted by Gasteiger charge is 2.58. The number of methoxy groups -OCH3 is 2. The van der Waals surface area contributed by atoms with Gasteiger partial charge in [-0.15, -0.1) is 0 Å². The summed E-state index contributed by atoms with van der Waals surface area (Å²) in [4.78, 5) is 13.5. The van der Waals surface area contributed by atoms with E-state index >= 15 is 0 Å². The van der Waals surface area contributed by atoms with Crippen LogP contribution in [0.3, 0.4) is 0 Å². The lowest BCUT2D eigenvalue weighted by atomic mass is 9.95. The zero-order valence-electron chi connectivity index (χ0n) is 19.2. The van der Waals surface area contributed by atoms with Crippen molar-refractivity contribution in [1.29, 1.82) is 0 Å². The molecule has 0 bridgehead atoms. The van der Waals surface area contributed by atoms with Gasteiger partial charge in [-0.2, -0.15) is 5.10 Å². The lowest BCUT2D eigenvalue weighted by Gasteiger charge is -2.45. The van der Waals surface area contributed by atoms with Crippen molar-refractivity contribution >= 4 is 28.8 Å². The maximum absolute atomic E-state index is 12.8. The topological polar surface area (TPSA) is 72.4 Å². The van der Waals surface area contributed by atoms with Crippen molar-refractivity contribution in [1.82, 2.24) is 10.3 Å². The molecule has 176 valence electrons. The third-order valence-corrected chi connectivity index (χ3v) is 7.29. The Kier molecular flexibility index (Phi) is 5.18. The first-order chi connectivity index (χ1) is 17.1. The average molecular weight is 486 g/mol. The number of para-hydroxylation sites is 1. The summed E-state index contributed by atoms with van der Waals surface area (Å²) in [5.41, 5.74) is 3.90. The minimum atomic E-state index is -1.25. The van der Waals surface area contributed by atoms with Crippen molar-refractivity contribution in [2.75, 3.05) is 14.2 Å². The molecular weight excluding hydrogens is 462 g/mol. The van der Waals surface area contributed by atoms with E-state index < -0.39 is 5.85 Å². The van der Waals surface area contributed by atoms with Crippen molar-refractivity contribution in [3.8, 4) is 17.2 Å². The molecule has 0 unspecified atom stereocenters. The van der Waals surface area contributed by atoms with Crippen LogP contribution in [0.5, 0.6) is 17.2 Å². The number of fused-ring (bicyclic) bond motifs is 4. The highest BCUT2D eigenvalue weighted by atomic mass is 32.2. The molecular formula is C27H23N3O4S. The molecule has 3 heterocycles. The normalized spacial score (nSPS) is 23.4. The Morgan fingerprint density at radius 1 is 1.06 bits per heavy atom. The fourth-order valence-corrected chi connectivity index (χ4v) is 5.67. The van der Waals surface area contributed by atoms with Gasteiger partial charge in [-0.05, 0) is 47.2 Å². The van der Waals surface area contributed by atoms with Gasteiger partial charge in [0.05, 0.1) is 30.9 Å². The minimum absolute atomic E-state index is 0.0806. The molecule has 3 aromatic rings. The second-order valence-corrected chi connectivity index (χ2v) is 9.41. The van der Waals surface area contributed by atoms with E-state index in [4.69, 9.17) is 19.3 Å². The Morgan fingerprint density at radius 3 is 2.63 bits per heavy atom. The van der Waals surface area contributed by atoms with Crippen LogP contribution in [0, 0.1) is 0 Å². The number of carbonyl (C=O) groups is 1. The van der Waals surface area contributed by atoms with Crippen LogP contribution in [0.4, 0.5) is 4.79 Å². The quantitative estimate of drug-likeness (QED) is 0.534. The zero-order chi connectivity index (χ0) is 24.0. The van der Waals surface area contributed by atoms with Crippen molar-refractivity contribution in [2.24, 2.45) is 5.10 Å². The molecule has 6 rings (SSSR count). The third-order valence-electron chi connectivity index (χ3n) is 6.39. The zero-order valence-corrected chi connectivity index (χ0v) is 20.0. The van der Waals surface area contributed by atoms with Gasteiger partial charge >= 0.3 is 5.85 Å². The molecule has 0 aromatic heterocycles. The molecule has 1 N–H and O–H groups in total. The van der Waals surface area contributed by atoms with Crippen molar-refractivity contribution in [3.63, 3.8) is 0 Å². The van der Waals surface area contributed by atoms with Crippen LogP contribution in [-0.4, -0.2) is 36.0 Å². The largest absolute Gasteiger partial charge is 0.493 e. The summed E-state index contributed by atoms with van der Waals surface area (Å²) >= 11 is 1.11. The molecule has 35 heavy (non-hydrogen) atoms. The summed E-state index contributed by atoms with van der Waals surface area (Å²) < 4.78 is 17.4. The highest BCUT2D eigenvalue weighted by Crippen LogP contribution is 2.52. The lowest BCUT2D eigenvalue weighted by Crippen LogP contribution is -2.61. The predicted octanol–water partition coefficient (Wildman–Crippen LogP) is 5.40. The predicted molar refractivity (Wildman–Crippen MR) is 136 cm³/mol. The fourth-order valence-electron chi connectivity index (χ4n) is 4.76. The fraction of sp³-hybridized carbons (Fsp3) is 0.185. The monoisotopic (exact) mass is 485 g/mol. The van der Waals surface area contributed by atoms with Crippen molar-refractivity contribution in [2.45, 2.75) is 18.3 Å². The molecule has 1 saturated heterocycles. The highest BCUT2D eigenvalue weighted by molar-refractivity contribution is 8.17. The molecule has 1 fully saturated rings. The van der Waals surface area contributed by atoms with Crippen LogP contribution in [0.2, 0.25) is 0 Å².